The molecule has 0 atom stereocenters. The Morgan fingerprint density at radius 1 is 0.467 bits per heavy atom. The van der Waals surface area contributed by atoms with Crippen molar-refractivity contribution in [1.29, 1.82) is 0 Å². The van der Waals surface area contributed by atoms with Crippen LogP contribution in [0.4, 0.5) is 0 Å². The topological polar surface area (TPSA) is 40.6 Å². The van der Waals surface area contributed by atoms with Crippen molar-refractivity contribution >= 4 is 35.7 Å². The van der Waals surface area contributed by atoms with Crippen LogP contribution in [0.1, 0.15) is 116 Å². The fourth-order valence-electron chi connectivity index (χ4n) is 4.89. The van der Waals surface area contributed by atoms with E-state index in [1.54, 1.807) is 32.5 Å². The molecule has 1 saturated heterocycles. The predicted molar refractivity (Wildman–Crippen MR) is 129 cm³/mol. The van der Waals surface area contributed by atoms with Crippen molar-refractivity contribution in [1.82, 2.24) is 8.61 Å². The summed E-state index contributed by atoms with van der Waals surface area (Å²) in [5, 5.41) is 0.995. The summed E-state index contributed by atoms with van der Waals surface area (Å²) in [6.07, 6.45) is 23.2. The van der Waals surface area contributed by atoms with E-state index in [0.29, 0.717) is 10.5 Å². The third-order valence-corrected chi connectivity index (χ3v) is 9.48. The molecule has 2 saturated carbocycles. The Hall–Kier alpha value is -0.360. The van der Waals surface area contributed by atoms with E-state index in [1.807, 2.05) is 0 Å². The minimum absolute atomic E-state index is 0.129. The highest BCUT2D eigenvalue weighted by molar-refractivity contribution is 7.98. The Morgan fingerprint density at radius 3 is 1.03 bits per heavy atom. The van der Waals surface area contributed by atoms with Gasteiger partial charge in [0.25, 0.3) is 11.8 Å². The molecule has 0 aromatic heterocycles. The van der Waals surface area contributed by atoms with Crippen molar-refractivity contribution in [2.24, 2.45) is 0 Å². The lowest BCUT2D eigenvalue weighted by Gasteiger charge is -2.35. The Morgan fingerprint density at radius 2 is 0.733 bits per heavy atom. The maximum atomic E-state index is 12.9. The van der Waals surface area contributed by atoms with Crippen LogP contribution in [0.25, 0.3) is 0 Å². The summed E-state index contributed by atoms with van der Waals surface area (Å²) in [6.45, 7) is 0.527. The Labute approximate surface area is 192 Å². The highest BCUT2D eigenvalue weighted by Crippen LogP contribution is 2.33. The van der Waals surface area contributed by atoms with E-state index in [1.165, 1.54) is 116 Å². The first-order chi connectivity index (χ1) is 14.7. The average molecular weight is 455 g/mol. The van der Waals surface area contributed by atoms with Gasteiger partial charge in [-0.2, -0.15) is 0 Å². The van der Waals surface area contributed by atoms with Gasteiger partial charge in [-0.15, -0.1) is 0 Å². The molecule has 1 aliphatic heterocycles. The van der Waals surface area contributed by atoms with E-state index in [-0.39, 0.29) is 24.9 Å². The molecular formula is C24H42N2O2S2. The van der Waals surface area contributed by atoms with E-state index in [2.05, 4.69) is 0 Å². The number of nitrogens with zero attached hydrogens (tertiary/aromatic N) is 2. The van der Waals surface area contributed by atoms with Gasteiger partial charge in [0.05, 0.1) is 0 Å². The zero-order valence-corrected chi connectivity index (χ0v) is 20.5. The number of piperazine rings is 1. The van der Waals surface area contributed by atoms with Crippen LogP contribution in [0.15, 0.2) is 0 Å². The molecule has 6 heteroatoms. The van der Waals surface area contributed by atoms with Gasteiger partial charge in [0.15, 0.2) is 0 Å². The second-order valence-corrected chi connectivity index (χ2v) is 12.1. The number of carbonyl (C=O) groups is 2. The molecule has 3 fully saturated rings. The van der Waals surface area contributed by atoms with Gasteiger partial charge in [0, 0.05) is 10.5 Å². The predicted octanol–water partition coefficient (Wildman–Crippen LogP) is 6.74. The number of rotatable bonds is 4. The molecule has 2 aliphatic carbocycles. The molecule has 4 nitrogen and oxygen atoms in total. The summed E-state index contributed by atoms with van der Waals surface area (Å²) in [4.78, 5) is 25.7. The first kappa shape index (κ1) is 24.3. The van der Waals surface area contributed by atoms with Crippen molar-refractivity contribution in [2.45, 2.75) is 126 Å². The van der Waals surface area contributed by atoms with Crippen LogP contribution in [0, 0.1) is 0 Å². The van der Waals surface area contributed by atoms with Crippen LogP contribution in [0.2, 0.25) is 0 Å². The van der Waals surface area contributed by atoms with Gasteiger partial charge in [-0.05, 0) is 49.6 Å². The lowest BCUT2D eigenvalue weighted by molar-refractivity contribution is -0.140. The molecule has 3 aliphatic rings. The monoisotopic (exact) mass is 454 g/mol. The minimum Gasteiger partial charge on any atom is -0.275 e. The molecule has 3 rings (SSSR count). The summed E-state index contributed by atoms with van der Waals surface area (Å²) in [6, 6.07) is 0. The van der Waals surface area contributed by atoms with Crippen LogP contribution in [0.5, 0.6) is 0 Å². The van der Waals surface area contributed by atoms with Crippen molar-refractivity contribution in [3.63, 3.8) is 0 Å². The third-order valence-electron chi connectivity index (χ3n) is 6.77. The molecule has 30 heavy (non-hydrogen) atoms. The molecule has 0 spiro atoms. The normalized spacial score (nSPS) is 25.3. The quantitative estimate of drug-likeness (QED) is 0.441. The first-order valence-electron chi connectivity index (χ1n) is 12.7. The maximum Gasteiger partial charge on any atom is 0.253 e. The van der Waals surface area contributed by atoms with Gasteiger partial charge in [-0.25, -0.2) is 0 Å². The van der Waals surface area contributed by atoms with Gasteiger partial charge in [-0.3, -0.25) is 18.2 Å². The van der Waals surface area contributed by atoms with Gasteiger partial charge in [0.2, 0.25) is 0 Å². The third kappa shape index (κ3) is 8.64. The average Bonchev–Trinajstić information content (AvgIpc) is 2.75. The fourth-order valence-corrected chi connectivity index (χ4v) is 7.42. The van der Waals surface area contributed by atoms with E-state index in [4.69, 9.17) is 0 Å². The summed E-state index contributed by atoms with van der Waals surface area (Å²) < 4.78 is 3.59. The summed E-state index contributed by atoms with van der Waals surface area (Å²) >= 11 is 3.36. The summed E-state index contributed by atoms with van der Waals surface area (Å²) in [7, 11) is 0. The van der Waals surface area contributed by atoms with Gasteiger partial charge in [-0.1, -0.05) is 89.9 Å². The van der Waals surface area contributed by atoms with Gasteiger partial charge < -0.3 is 0 Å². The van der Waals surface area contributed by atoms with Crippen molar-refractivity contribution in [2.75, 3.05) is 13.1 Å². The second-order valence-electron chi connectivity index (χ2n) is 9.42. The Bertz CT molecular complexity index is 465. The van der Waals surface area contributed by atoms with Crippen molar-refractivity contribution < 1.29 is 9.59 Å². The summed E-state index contributed by atoms with van der Waals surface area (Å²) in [5.41, 5.74) is 0. The van der Waals surface area contributed by atoms with E-state index in [0.717, 1.165) is 0 Å². The second kappa shape index (κ2) is 13.9. The highest BCUT2D eigenvalue weighted by Gasteiger charge is 2.33. The van der Waals surface area contributed by atoms with Gasteiger partial charge in [0.1, 0.15) is 13.1 Å². The highest BCUT2D eigenvalue weighted by atomic mass is 32.2. The number of hydrogen-bond donors (Lipinski definition) is 0. The SMILES string of the molecule is O=C1CN(SC2CCCCCCCCC2)C(=O)CN1SC1CCCCCCCCC1. The molecule has 172 valence electrons. The van der Waals surface area contributed by atoms with Crippen LogP contribution < -0.4 is 0 Å². The zero-order valence-electron chi connectivity index (χ0n) is 18.8. The number of amides is 2. The van der Waals surface area contributed by atoms with E-state index in [9.17, 15) is 9.59 Å². The minimum atomic E-state index is 0.129. The first-order valence-corrected chi connectivity index (χ1v) is 14.3. The maximum absolute atomic E-state index is 12.9. The molecule has 0 bridgehead atoms. The molecule has 0 unspecified atom stereocenters. The van der Waals surface area contributed by atoms with Crippen molar-refractivity contribution in [3.05, 3.63) is 0 Å². The van der Waals surface area contributed by atoms with E-state index >= 15 is 0 Å². The molecule has 0 N–H and O–H groups in total. The number of carbonyl (C=O) groups excluding carboxylic acids is 2. The largest absolute Gasteiger partial charge is 0.275 e. The summed E-state index contributed by atoms with van der Waals surface area (Å²) in [5.74, 6) is 0.258. The molecule has 0 aromatic rings. The lowest BCUT2D eigenvalue weighted by atomic mass is 10.0. The zero-order chi connectivity index (χ0) is 21.0. The van der Waals surface area contributed by atoms with Gasteiger partial charge >= 0.3 is 0 Å². The van der Waals surface area contributed by atoms with Crippen LogP contribution in [-0.4, -0.2) is 44.0 Å². The lowest BCUT2D eigenvalue weighted by Crippen LogP contribution is -2.49. The molecular weight excluding hydrogens is 412 g/mol. The molecule has 2 amide bonds. The van der Waals surface area contributed by atoms with Crippen LogP contribution in [-0.2, 0) is 9.59 Å². The fraction of sp³-hybridized carbons (Fsp3) is 0.917. The van der Waals surface area contributed by atoms with Crippen LogP contribution >= 0.6 is 23.9 Å². The Balaban J connectivity index is 1.47. The number of hydrogen-bond acceptors (Lipinski definition) is 4. The smallest absolute Gasteiger partial charge is 0.253 e. The standard InChI is InChI=1S/C24H42N2O2S2/c27-23-20-26(30-22-17-13-9-5-2-6-10-14-18-22)24(28)19-25(23)29-21-15-11-7-3-1-4-8-12-16-21/h21-22H,1-20H2. The van der Waals surface area contributed by atoms with Crippen LogP contribution in [0.3, 0.4) is 0 Å². The molecule has 0 aromatic carbocycles. The van der Waals surface area contributed by atoms with Crippen molar-refractivity contribution in [3.8, 4) is 0 Å². The van der Waals surface area contributed by atoms with E-state index < -0.39 is 0 Å². The molecule has 1 heterocycles. The Kier molecular flexibility index (Phi) is 11.3. The molecule has 0 radical (unpaired) electrons.